The van der Waals surface area contributed by atoms with Gasteiger partial charge in [0.25, 0.3) is 5.91 Å². The molecule has 2 amide bonds. The van der Waals surface area contributed by atoms with E-state index < -0.39 is 0 Å². The molecule has 202 valence electrons. The number of benzene rings is 3. The summed E-state index contributed by atoms with van der Waals surface area (Å²) < 4.78 is 21.2. The second kappa shape index (κ2) is 12.7. The van der Waals surface area contributed by atoms with Crippen LogP contribution in [0.4, 0.5) is 10.1 Å². The van der Waals surface area contributed by atoms with E-state index in [9.17, 15) is 14.0 Å². The van der Waals surface area contributed by atoms with Crippen molar-refractivity contribution in [3.05, 3.63) is 102 Å². The number of halogens is 1. The first-order valence-electron chi connectivity index (χ1n) is 13.3. The normalized spacial score (nSPS) is 13.9. The second-order valence-electron chi connectivity index (χ2n) is 9.76. The van der Waals surface area contributed by atoms with Gasteiger partial charge in [-0.05, 0) is 53.9 Å². The maximum atomic E-state index is 13.9. The van der Waals surface area contributed by atoms with Crippen LogP contribution in [0.3, 0.4) is 0 Å². The highest BCUT2D eigenvalue weighted by Gasteiger charge is 2.18. The predicted molar refractivity (Wildman–Crippen MR) is 150 cm³/mol. The van der Waals surface area contributed by atoms with Crippen LogP contribution in [-0.2, 0) is 22.5 Å². The molecule has 1 saturated heterocycles. The lowest BCUT2D eigenvalue weighted by atomic mass is 10.1. The Morgan fingerprint density at radius 2 is 1.69 bits per heavy atom. The molecule has 3 aromatic carbocycles. The second-order valence-corrected chi connectivity index (χ2v) is 9.76. The van der Waals surface area contributed by atoms with Crippen molar-refractivity contribution in [1.82, 2.24) is 14.8 Å². The number of anilines is 1. The maximum Gasteiger partial charge on any atom is 0.267 e. The summed E-state index contributed by atoms with van der Waals surface area (Å²) in [5.74, 6) is -0.580. The van der Waals surface area contributed by atoms with Crippen LogP contribution in [-0.4, -0.2) is 60.7 Å². The summed E-state index contributed by atoms with van der Waals surface area (Å²) >= 11 is 0. The average Bonchev–Trinajstić information content (AvgIpc) is 3.30. The molecule has 0 spiro atoms. The van der Waals surface area contributed by atoms with E-state index >= 15 is 0 Å². The Balaban J connectivity index is 1.33. The zero-order chi connectivity index (χ0) is 27.0. The van der Waals surface area contributed by atoms with Gasteiger partial charge in [-0.15, -0.1) is 0 Å². The number of amides is 2. The monoisotopic (exact) mass is 528 g/mol. The fraction of sp³-hybridized carbons (Fsp3) is 0.290. The van der Waals surface area contributed by atoms with Crippen LogP contribution in [0.5, 0.6) is 0 Å². The van der Waals surface area contributed by atoms with Crippen LogP contribution >= 0.6 is 0 Å². The van der Waals surface area contributed by atoms with Crippen molar-refractivity contribution in [3.63, 3.8) is 0 Å². The van der Waals surface area contributed by atoms with Gasteiger partial charge < -0.3 is 19.9 Å². The molecule has 1 aromatic heterocycles. The number of nitrogens with one attached hydrogen (secondary N) is 2. The Bertz CT molecular complexity index is 1430. The number of morpholine rings is 1. The van der Waals surface area contributed by atoms with Gasteiger partial charge in [-0.2, -0.15) is 0 Å². The molecule has 2 N–H and O–H groups in total. The van der Waals surface area contributed by atoms with Crippen LogP contribution in [0.1, 0.15) is 28.0 Å². The molecule has 0 saturated carbocycles. The fourth-order valence-corrected chi connectivity index (χ4v) is 4.89. The molecule has 1 fully saturated rings. The zero-order valence-corrected chi connectivity index (χ0v) is 21.9. The predicted octanol–water partition coefficient (Wildman–Crippen LogP) is 4.46. The van der Waals surface area contributed by atoms with Crippen molar-refractivity contribution >= 4 is 28.4 Å². The molecule has 1 aliphatic rings. The molecule has 0 bridgehead atoms. The number of aromatic nitrogens is 1. The summed E-state index contributed by atoms with van der Waals surface area (Å²) in [4.78, 5) is 28.2. The zero-order valence-electron chi connectivity index (χ0n) is 21.9. The highest BCUT2D eigenvalue weighted by atomic mass is 19.1. The average molecular weight is 529 g/mol. The molecule has 7 nitrogen and oxygen atoms in total. The van der Waals surface area contributed by atoms with E-state index in [1.165, 1.54) is 12.1 Å². The fourth-order valence-electron chi connectivity index (χ4n) is 4.89. The number of ether oxygens (including phenoxy) is 1. The highest BCUT2D eigenvalue weighted by molar-refractivity contribution is 6.00. The van der Waals surface area contributed by atoms with Gasteiger partial charge in [-0.3, -0.25) is 14.5 Å². The third-order valence-corrected chi connectivity index (χ3v) is 6.95. The maximum absolute atomic E-state index is 13.9. The molecular formula is C31H33FN4O3. The first-order valence-corrected chi connectivity index (χ1v) is 13.3. The molecular weight excluding hydrogens is 495 g/mol. The van der Waals surface area contributed by atoms with E-state index in [-0.39, 0.29) is 17.6 Å². The lowest BCUT2D eigenvalue weighted by Crippen LogP contribution is -2.41. The Morgan fingerprint density at radius 3 is 2.49 bits per heavy atom. The number of aryl methyl sites for hydroxylation is 1. The van der Waals surface area contributed by atoms with Crippen molar-refractivity contribution in [3.8, 4) is 0 Å². The van der Waals surface area contributed by atoms with Gasteiger partial charge in [0.15, 0.2) is 0 Å². The molecule has 0 aliphatic carbocycles. The lowest BCUT2D eigenvalue weighted by Gasteiger charge is -2.26. The number of fused-ring (bicyclic) bond motifs is 1. The van der Waals surface area contributed by atoms with Gasteiger partial charge >= 0.3 is 0 Å². The standard InChI is InChI=1S/C31H33FN4O3/c32-26-8-4-7-24(19-26)22-36-28-11-10-27(34-30(37)12-9-23-5-2-1-3-6-23)20-25(28)21-29(36)31(38)33-13-14-35-15-17-39-18-16-35/h1-8,10-11,19-21H,9,12-18,22H2,(H,33,38)(H,34,37). The minimum atomic E-state index is -0.319. The summed E-state index contributed by atoms with van der Waals surface area (Å²) in [6.45, 7) is 4.74. The summed E-state index contributed by atoms with van der Waals surface area (Å²) in [6.07, 6.45) is 1.03. The van der Waals surface area contributed by atoms with Crippen LogP contribution < -0.4 is 10.6 Å². The van der Waals surface area contributed by atoms with Gasteiger partial charge in [-0.1, -0.05) is 42.5 Å². The number of carbonyl (C=O) groups excluding carboxylic acids is 2. The first kappa shape index (κ1) is 26.6. The van der Waals surface area contributed by atoms with Gasteiger partial charge in [0, 0.05) is 55.7 Å². The molecule has 0 radical (unpaired) electrons. The molecule has 2 heterocycles. The number of rotatable bonds is 10. The van der Waals surface area contributed by atoms with E-state index in [2.05, 4.69) is 15.5 Å². The summed E-state index contributed by atoms with van der Waals surface area (Å²) in [7, 11) is 0. The van der Waals surface area contributed by atoms with Crippen molar-refractivity contribution in [2.75, 3.05) is 44.7 Å². The Hall–Kier alpha value is -4.01. The largest absolute Gasteiger partial charge is 0.379 e. The molecule has 39 heavy (non-hydrogen) atoms. The van der Waals surface area contributed by atoms with Crippen molar-refractivity contribution < 1.29 is 18.7 Å². The van der Waals surface area contributed by atoms with E-state index in [4.69, 9.17) is 4.74 Å². The SMILES string of the molecule is O=C(CCc1ccccc1)Nc1ccc2c(c1)cc(C(=O)NCCN1CCOCC1)n2Cc1cccc(F)c1. The molecule has 4 aromatic rings. The number of nitrogens with zero attached hydrogens (tertiary/aromatic N) is 2. The van der Waals surface area contributed by atoms with Crippen LogP contribution in [0.15, 0.2) is 78.9 Å². The lowest BCUT2D eigenvalue weighted by molar-refractivity contribution is -0.116. The van der Waals surface area contributed by atoms with Crippen molar-refractivity contribution in [2.24, 2.45) is 0 Å². The summed E-state index contributed by atoms with van der Waals surface area (Å²) in [6, 6.07) is 23.7. The molecule has 0 unspecified atom stereocenters. The topological polar surface area (TPSA) is 75.6 Å². The smallest absolute Gasteiger partial charge is 0.267 e. The molecule has 5 rings (SSSR count). The van der Waals surface area contributed by atoms with Gasteiger partial charge in [0.2, 0.25) is 5.91 Å². The Morgan fingerprint density at radius 1 is 0.897 bits per heavy atom. The van der Waals surface area contributed by atoms with Crippen LogP contribution in [0.2, 0.25) is 0 Å². The number of carbonyl (C=O) groups is 2. The van der Waals surface area contributed by atoms with E-state index in [0.29, 0.717) is 50.5 Å². The Labute approximate surface area is 227 Å². The third kappa shape index (κ3) is 7.10. The minimum Gasteiger partial charge on any atom is -0.379 e. The van der Waals surface area contributed by atoms with Gasteiger partial charge in [-0.25, -0.2) is 4.39 Å². The molecule has 8 heteroatoms. The summed E-state index contributed by atoms with van der Waals surface area (Å²) in [5.41, 5.74) is 3.86. The van der Waals surface area contributed by atoms with Gasteiger partial charge in [0.1, 0.15) is 11.5 Å². The Kier molecular flexibility index (Phi) is 8.65. The van der Waals surface area contributed by atoms with Gasteiger partial charge in [0.05, 0.1) is 13.2 Å². The van der Waals surface area contributed by atoms with Crippen LogP contribution in [0, 0.1) is 5.82 Å². The molecule has 0 atom stereocenters. The highest BCUT2D eigenvalue weighted by Crippen LogP contribution is 2.25. The number of hydrogen-bond donors (Lipinski definition) is 2. The molecule has 1 aliphatic heterocycles. The van der Waals surface area contributed by atoms with Crippen molar-refractivity contribution in [2.45, 2.75) is 19.4 Å². The first-order chi connectivity index (χ1) is 19.0. The summed E-state index contributed by atoms with van der Waals surface area (Å²) in [5, 5.41) is 6.84. The van der Waals surface area contributed by atoms with E-state index in [1.807, 2.05) is 65.2 Å². The quantitative estimate of drug-likeness (QED) is 0.319. The van der Waals surface area contributed by atoms with Crippen LogP contribution in [0.25, 0.3) is 10.9 Å². The van der Waals surface area contributed by atoms with Crippen molar-refractivity contribution in [1.29, 1.82) is 0 Å². The number of hydrogen-bond acceptors (Lipinski definition) is 4. The minimum absolute atomic E-state index is 0.0709. The third-order valence-electron chi connectivity index (χ3n) is 6.95. The van der Waals surface area contributed by atoms with E-state index in [0.717, 1.165) is 41.7 Å². The van der Waals surface area contributed by atoms with E-state index in [1.54, 1.807) is 6.07 Å².